The molecule has 0 radical (unpaired) electrons. The number of esters is 1. The Hall–Kier alpha value is -2.38. The van der Waals surface area contributed by atoms with Crippen molar-refractivity contribution in [2.75, 3.05) is 12.4 Å². The van der Waals surface area contributed by atoms with Gasteiger partial charge in [-0.2, -0.15) is 0 Å². The van der Waals surface area contributed by atoms with E-state index in [1.807, 2.05) is 92.6 Å². The largest absolute Gasteiger partial charge is 0.494 e. The van der Waals surface area contributed by atoms with Crippen LogP contribution in [0, 0.1) is 13.8 Å². The van der Waals surface area contributed by atoms with Crippen LogP contribution < -0.4 is 9.47 Å². The van der Waals surface area contributed by atoms with Gasteiger partial charge in [-0.3, -0.25) is 4.79 Å². The molecule has 1 aliphatic heterocycles. The molecule has 5 nitrogen and oxygen atoms in total. The number of allylic oxidation sites excluding steroid dienone is 1. The fourth-order valence-electron chi connectivity index (χ4n) is 4.33. The van der Waals surface area contributed by atoms with E-state index in [0.29, 0.717) is 17.9 Å². The second-order valence-electron chi connectivity index (χ2n) is 11.8. The Balaban J connectivity index is 1.50. The first-order valence-electron chi connectivity index (χ1n) is 14.1. The third kappa shape index (κ3) is 10.2. The Morgan fingerprint density at radius 2 is 1.65 bits per heavy atom. The predicted octanol–water partition coefficient (Wildman–Crippen LogP) is 8.79. The molecular formula is C33H44O5S2. The van der Waals surface area contributed by atoms with E-state index in [2.05, 4.69) is 0 Å². The number of aryl methyl sites for hydroxylation is 2. The monoisotopic (exact) mass is 584 g/mol. The molecule has 1 heterocycles. The molecule has 1 saturated heterocycles. The summed E-state index contributed by atoms with van der Waals surface area (Å²) in [4.78, 5) is 25.4. The van der Waals surface area contributed by atoms with E-state index in [0.717, 1.165) is 34.1 Å². The third-order valence-electron chi connectivity index (χ3n) is 6.46. The lowest BCUT2D eigenvalue weighted by Gasteiger charge is -2.30. The maximum Gasteiger partial charge on any atom is 0.350 e. The van der Waals surface area contributed by atoms with Crippen LogP contribution in [0.25, 0.3) is 6.08 Å². The van der Waals surface area contributed by atoms with E-state index in [1.165, 1.54) is 31.4 Å². The lowest BCUT2D eigenvalue weighted by molar-refractivity contribution is -0.171. The summed E-state index contributed by atoms with van der Waals surface area (Å²) in [6.45, 7) is 13.5. The van der Waals surface area contributed by atoms with Crippen molar-refractivity contribution in [2.45, 2.75) is 97.0 Å². The normalized spacial score (nSPS) is 15.8. The molecule has 0 N–H and O–H groups in total. The van der Waals surface area contributed by atoms with Crippen LogP contribution >= 0.6 is 21.6 Å². The number of unbranched alkanes of at least 4 members (excludes halogenated alkanes) is 2. The van der Waals surface area contributed by atoms with Gasteiger partial charge in [0.2, 0.25) is 0 Å². The summed E-state index contributed by atoms with van der Waals surface area (Å²) in [6.07, 6.45) is 9.55. The molecule has 0 spiro atoms. The van der Waals surface area contributed by atoms with Gasteiger partial charge in [-0.15, -0.1) is 0 Å². The minimum Gasteiger partial charge on any atom is -0.494 e. The van der Waals surface area contributed by atoms with Gasteiger partial charge >= 0.3 is 5.97 Å². The highest BCUT2D eigenvalue weighted by atomic mass is 33.1. The van der Waals surface area contributed by atoms with Crippen LogP contribution in [-0.2, 0) is 9.53 Å². The molecule has 1 atom stereocenters. The predicted molar refractivity (Wildman–Crippen MR) is 169 cm³/mol. The average Bonchev–Trinajstić information content (AvgIpc) is 3.40. The van der Waals surface area contributed by atoms with Gasteiger partial charge in [-0.1, -0.05) is 40.5 Å². The second-order valence-corrected chi connectivity index (χ2v) is 14.6. The quantitative estimate of drug-likeness (QED) is 0.0766. The summed E-state index contributed by atoms with van der Waals surface area (Å²) in [5.74, 6) is 2.24. The van der Waals surface area contributed by atoms with Gasteiger partial charge in [-0.05, 0) is 127 Å². The summed E-state index contributed by atoms with van der Waals surface area (Å²) in [5.41, 5.74) is 1.52. The van der Waals surface area contributed by atoms with Gasteiger partial charge < -0.3 is 14.2 Å². The fraction of sp³-hybridized carbons (Fsp3) is 0.515. The highest BCUT2D eigenvalue weighted by Gasteiger charge is 2.35. The zero-order valence-electron chi connectivity index (χ0n) is 25.0. The number of carbonyl (C=O) groups excluding carboxylic acids is 2. The van der Waals surface area contributed by atoms with Crippen LogP contribution in [0.2, 0.25) is 0 Å². The van der Waals surface area contributed by atoms with Crippen LogP contribution in [-0.4, -0.2) is 40.6 Å². The van der Waals surface area contributed by atoms with E-state index in [1.54, 1.807) is 26.0 Å². The molecule has 2 aromatic carbocycles. The first-order chi connectivity index (χ1) is 18.8. The first kappa shape index (κ1) is 32.1. The Kier molecular flexibility index (Phi) is 11.6. The average molecular weight is 585 g/mol. The van der Waals surface area contributed by atoms with Crippen LogP contribution in [0.3, 0.4) is 0 Å². The van der Waals surface area contributed by atoms with E-state index in [9.17, 15) is 9.59 Å². The number of rotatable bonds is 13. The molecule has 0 bridgehead atoms. The second kappa shape index (κ2) is 14.5. The zero-order chi connectivity index (χ0) is 29.3. The van der Waals surface area contributed by atoms with Crippen LogP contribution in [0.15, 0.2) is 42.5 Å². The minimum atomic E-state index is -1.14. The van der Waals surface area contributed by atoms with Crippen LogP contribution in [0.4, 0.5) is 0 Å². The minimum absolute atomic E-state index is 0.0730. The van der Waals surface area contributed by atoms with Gasteiger partial charge in [0.1, 0.15) is 17.1 Å². The maximum atomic E-state index is 12.8. The van der Waals surface area contributed by atoms with Gasteiger partial charge in [-0.25, -0.2) is 4.79 Å². The zero-order valence-corrected chi connectivity index (χ0v) is 26.6. The van der Waals surface area contributed by atoms with Crippen molar-refractivity contribution in [3.8, 4) is 11.5 Å². The van der Waals surface area contributed by atoms with E-state index >= 15 is 0 Å². The Morgan fingerprint density at radius 1 is 0.975 bits per heavy atom. The van der Waals surface area contributed by atoms with Gasteiger partial charge in [0, 0.05) is 16.6 Å². The van der Waals surface area contributed by atoms with Crippen molar-refractivity contribution in [1.82, 2.24) is 0 Å². The number of benzene rings is 2. The molecule has 0 saturated carbocycles. The van der Waals surface area contributed by atoms with Crippen molar-refractivity contribution >= 4 is 39.4 Å². The lowest BCUT2D eigenvalue weighted by atomic mass is 10.0. The highest BCUT2D eigenvalue weighted by Crippen LogP contribution is 2.40. The summed E-state index contributed by atoms with van der Waals surface area (Å²) in [6, 6.07) is 11.2. The fourth-order valence-corrected chi connectivity index (χ4v) is 7.36. The third-order valence-corrected chi connectivity index (χ3v) is 9.47. The molecule has 40 heavy (non-hydrogen) atoms. The van der Waals surface area contributed by atoms with Crippen LogP contribution in [0.1, 0.15) is 93.8 Å². The molecule has 7 heteroatoms. The number of carbonyl (C=O) groups is 2. The molecule has 0 aliphatic carbocycles. The highest BCUT2D eigenvalue weighted by molar-refractivity contribution is 8.77. The summed E-state index contributed by atoms with van der Waals surface area (Å²) in [7, 11) is 4.05. The standard InChI is InChI=1S/C33H44O5S2/c1-23-21-25(22-24(2)30(23)37-33(6,7)31(35)38-32(3,4)5)12-17-29(34)26-13-15-27(16-14-26)36-19-10-8-9-11-28-18-20-39-40-28/h12-17,21-22,28H,8-11,18-20H2,1-7H3/t28-/m1/s1. The number of hydrogen-bond acceptors (Lipinski definition) is 7. The van der Waals surface area contributed by atoms with Crippen molar-refractivity contribution in [1.29, 1.82) is 0 Å². The Labute approximate surface area is 248 Å². The molecule has 218 valence electrons. The Bertz CT molecular complexity index is 1150. The molecule has 3 rings (SSSR count). The molecular weight excluding hydrogens is 540 g/mol. The van der Waals surface area contributed by atoms with Crippen LogP contribution in [0.5, 0.6) is 11.5 Å². The number of ketones is 1. The first-order valence-corrected chi connectivity index (χ1v) is 16.5. The SMILES string of the molecule is Cc1cc(C=CC(=O)c2ccc(OCCCCC[C@@H]3CCSS3)cc2)cc(C)c1OC(C)(C)C(=O)OC(C)(C)C. The molecule has 1 fully saturated rings. The molecule has 2 aromatic rings. The van der Waals surface area contributed by atoms with Crippen molar-refractivity contribution in [2.24, 2.45) is 0 Å². The van der Waals surface area contributed by atoms with Crippen molar-refractivity contribution < 1.29 is 23.8 Å². The molecule has 1 aliphatic rings. The molecule has 0 amide bonds. The number of hydrogen-bond donors (Lipinski definition) is 0. The molecule has 0 aromatic heterocycles. The van der Waals surface area contributed by atoms with E-state index in [4.69, 9.17) is 14.2 Å². The summed E-state index contributed by atoms with van der Waals surface area (Å²) < 4.78 is 17.5. The summed E-state index contributed by atoms with van der Waals surface area (Å²) in [5, 5.41) is 0.842. The molecule has 0 unspecified atom stereocenters. The van der Waals surface area contributed by atoms with Gasteiger partial charge in [0.15, 0.2) is 11.4 Å². The van der Waals surface area contributed by atoms with E-state index < -0.39 is 17.2 Å². The maximum absolute atomic E-state index is 12.8. The van der Waals surface area contributed by atoms with Gasteiger partial charge in [0.25, 0.3) is 0 Å². The number of ether oxygens (including phenoxy) is 3. The lowest BCUT2D eigenvalue weighted by Crippen LogP contribution is -2.43. The smallest absolute Gasteiger partial charge is 0.350 e. The Morgan fingerprint density at radius 3 is 2.25 bits per heavy atom. The summed E-state index contributed by atoms with van der Waals surface area (Å²) >= 11 is 0. The van der Waals surface area contributed by atoms with Crippen molar-refractivity contribution in [3.63, 3.8) is 0 Å². The topological polar surface area (TPSA) is 61.8 Å². The van der Waals surface area contributed by atoms with Gasteiger partial charge in [0.05, 0.1) is 6.61 Å². The van der Waals surface area contributed by atoms with E-state index in [-0.39, 0.29) is 5.78 Å². The van der Waals surface area contributed by atoms with Crippen molar-refractivity contribution in [3.05, 3.63) is 64.7 Å².